The van der Waals surface area contributed by atoms with Gasteiger partial charge in [0, 0.05) is 23.9 Å². The molecule has 3 atom stereocenters. The molecule has 1 aliphatic heterocycles. The molecule has 130 valence electrons. The molecule has 1 heterocycles. The molecule has 1 aromatic rings. The van der Waals surface area contributed by atoms with E-state index in [9.17, 15) is 14.7 Å². The number of benzene rings is 1. The molecule has 5 nitrogen and oxygen atoms in total. The summed E-state index contributed by atoms with van der Waals surface area (Å²) in [5, 5.41) is 10.0. The Hall–Kier alpha value is -1.85. The summed E-state index contributed by atoms with van der Waals surface area (Å²) in [6.07, 6.45) is 2.21. The number of carboxylic acids is 1. The van der Waals surface area contributed by atoms with Crippen molar-refractivity contribution in [3.05, 3.63) is 47.5 Å². The van der Waals surface area contributed by atoms with E-state index >= 15 is 0 Å². The number of likely N-dealkylation sites (tertiary alicyclic amines) is 1. The predicted octanol–water partition coefficient (Wildman–Crippen LogP) is 3.12. The number of carbonyl (C=O) groups excluding carboxylic acids is 1. The molecule has 0 unspecified atom stereocenters. The number of carboxylic acid groups (broad SMARTS) is 1. The summed E-state index contributed by atoms with van der Waals surface area (Å²) in [4.78, 5) is 25.3. The van der Waals surface area contributed by atoms with Gasteiger partial charge in [-0.2, -0.15) is 0 Å². The Morgan fingerprint density at radius 1 is 1.46 bits per heavy atom. The number of nitrogens with zero attached hydrogens (tertiary/aromatic N) is 1. The van der Waals surface area contributed by atoms with Crippen molar-refractivity contribution < 1.29 is 19.4 Å². The van der Waals surface area contributed by atoms with E-state index < -0.39 is 12.0 Å². The van der Waals surface area contributed by atoms with E-state index in [1.165, 1.54) is 4.90 Å². The standard InChI is InChI=1S/C18H22ClNO4/c1-3-4-12(2)17(21)20-10-15(9-16(20)18(22)23)24-11-13-5-7-14(19)8-6-13/h3,5-8,12,15-16H,1,4,9-11H2,2H3,(H,22,23)/t12-,15-,16+/m1/s1. The van der Waals surface area contributed by atoms with Crippen molar-refractivity contribution in [2.45, 2.75) is 38.5 Å². The zero-order valence-electron chi connectivity index (χ0n) is 13.7. The smallest absolute Gasteiger partial charge is 0.326 e. The highest BCUT2D eigenvalue weighted by molar-refractivity contribution is 6.30. The SMILES string of the molecule is C=CC[C@@H](C)C(=O)N1C[C@H](OCc2ccc(Cl)cc2)C[C@H]1C(=O)O. The van der Waals surface area contributed by atoms with Gasteiger partial charge in [-0.1, -0.05) is 36.7 Å². The zero-order valence-corrected chi connectivity index (χ0v) is 14.4. The highest BCUT2D eigenvalue weighted by Gasteiger charge is 2.41. The lowest BCUT2D eigenvalue weighted by molar-refractivity contribution is -0.149. The van der Waals surface area contributed by atoms with Crippen molar-refractivity contribution in [1.29, 1.82) is 0 Å². The van der Waals surface area contributed by atoms with Crippen molar-refractivity contribution in [2.75, 3.05) is 6.54 Å². The van der Waals surface area contributed by atoms with Gasteiger partial charge in [-0.15, -0.1) is 6.58 Å². The molecule has 0 spiro atoms. The van der Waals surface area contributed by atoms with Gasteiger partial charge in [-0.25, -0.2) is 4.79 Å². The van der Waals surface area contributed by atoms with E-state index in [1.54, 1.807) is 25.1 Å². The van der Waals surface area contributed by atoms with Gasteiger partial charge in [0.05, 0.1) is 12.7 Å². The van der Waals surface area contributed by atoms with Gasteiger partial charge in [0.25, 0.3) is 0 Å². The highest BCUT2D eigenvalue weighted by atomic mass is 35.5. The normalized spacial score (nSPS) is 21.5. The van der Waals surface area contributed by atoms with Crippen LogP contribution in [0.2, 0.25) is 5.02 Å². The summed E-state index contributed by atoms with van der Waals surface area (Å²) in [6, 6.07) is 6.45. The number of carbonyl (C=O) groups is 2. The first-order valence-electron chi connectivity index (χ1n) is 7.92. The minimum absolute atomic E-state index is 0.167. The number of hydrogen-bond donors (Lipinski definition) is 1. The summed E-state index contributed by atoms with van der Waals surface area (Å²) in [5.41, 5.74) is 0.955. The maximum Gasteiger partial charge on any atom is 0.326 e. The van der Waals surface area contributed by atoms with Crippen molar-refractivity contribution in [3.63, 3.8) is 0 Å². The second-order valence-corrected chi connectivity index (χ2v) is 6.50. The number of allylic oxidation sites excluding steroid dienone is 1. The third-order valence-corrected chi connectivity index (χ3v) is 4.42. The molecule has 0 aromatic heterocycles. The molecule has 1 N–H and O–H groups in total. The monoisotopic (exact) mass is 351 g/mol. The molecule has 1 aromatic carbocycles. The van der Waals surface area contributed by atoms with Crippen LogP contribution in [0, 0.1) is 5.92 Å². The second-order valence-electron chi connectivity index (χ2n) is 6.07. The number of hydrogen-bond acceptors (Lipinski definition) is 3. The maximum absolute atomic E-state index is 12.5. The third kappa shape index (κ3) is 4.58. The van der Waals surface area contributed by atoms with Crippen molar-refractivity contribution in [2.24, 2.45) is 5.92 Å². The van der Waals surface area contributed by atoms with Gasteiger partial charge in [-0.05, 0) is 24.1 Å². The predicted molar refractivity (Wildman–Crippen MR) is 91.8 cm³/mol. The van der Waals surface area contributed by atoms with E-state index in [0.29, 0.717) is 31.0 Å². The number of halogens is 1. The van der Waals surface area contributed by atoms with Crippen LogP contribution < -0.4 is 0 Å². The molecule has 0 saturated carbocycles. The zero-order chi connectivity index (χ0) is 17.7. The van der Waals surface area contributed by atoms with Crippen LogP contribution in [0.25, 0.3) is 0 Å². The van der Waals surface area contributed by atoms with Gasteiger partial charge in [-0.3, -0.25) is 4.79 Å². The number of rotatable bonds is 7. The van der Waals surface area contributed by atoms with Crippen molar-refractivity contribution in [1.82, 2.24) is 4.90 Å². The number of amides is 1. The van der Waals surface area contributed by atoms with Crippen LogP contribution in [-0.4, -0.2) is 40.6 Å². The molecule has 0 aliphatic carbocycles. The van der Waals surface area contributed by atoms with Crippen LogP contribution in [0.15, 0.2) is 36.9 Å². The van der Waals surface area contributed by atoms with E-state index in [0.717, 1.165) is 5.56 Å². The van der Waals surface area contributed by atoms with Gasteiger partial charge < -0.3 is 14.7 Å². The van der Waals surface area contributed by atoms with Crippen molar-refractivity contribution in [3.8, 4) is 0 Å². The highest BCUT2D eigenvalue weighted by Crippen LogP contribution is 2.25. The summed E-state index contributed by atoms with van der Waals surface area (Å²) in [6.45, 7) is 6.07. The molecule has 1 amide bonds. The molecule has 1 saturated heterocycles. The van der Waals surface area contributed by atoms with Crippen LogP contribution in [0.3, 0.4) is 0 Å². The van der Waals surface area contributed by atoms with Gasteiger partial charge in [0.1, 0.15) is 6.04 Å². The van der Waals surface area contributed by atoms with Crippen LogP contribution in [-0.2, 0) is 20.9 Å². The molecular formula is C18H22ClNO4. The summed E-state index contributed by atoms with van der Waals surface area (Å²) in [7, 11) is 0. The molecule has 1 fully saturated rings. The molecule has 0 bridgehead atoms. The quantitative estimate of drug-likeness (QED) is 0.766. The fraction of sp³-hybridized carbons (Fsp3) is 0.444. The van der Waals surface area contributed by atoms with Gasteiger partial charge in [0.2, 0.25) is 5.91 Å². The lowest BCUT2D eigenvalue weighted by atomic mass is 10.1. The van der Waals surface area contributed by atoms with Gasteiger partial charge in [0.15, 0.2) is 0 Å². The third-order valence-electron chi connectivity index (χ3n) is 4.17. The van der Waals surface area contributed by atoms with Crippen LogP contribution in [0.1, 0.15) is 25.3 Å². The minimum atomic E-state index is -0.994. The van der Waals surface area contributed by atoms with Crippen LogP contribution >= 0.6 is 11.6 Å². The van der Waals surface area contributed by atoms with Crippen LogP contribution in [0.5, 0.6) is 0 Å². The first kappa shape index (κ1) is 18.5. The minimum Gasteiger partial charge on any atom is -0.480 e. The first-order chi connectivity index (χ1) is 11.4. The Kier molecular flexibility index (Phi) is 6.40. The molecule has 0 radical (unpaired) electrons. The summed E-state index contributed by atoms with van der Waals surface area (Å²) >= 11 is 5.84. The van der Waals surface area contributed by atoms with Gasteiger partial charge >= 0.3 is 5.97 Å². The summed E-state index contributed by atoms with van der Waals surface area (Å²) < 4.78 is 5.81. The Balaban J connectivity index is 1.98. The Labute approximate surface area is 146 Å². The molecular weight excluding hydrogens is 330 g/mol. The summed E-state index contributed by atoms with van der Waals surface area (Å²) in [5.74, 6) is -1.44. The van der Waals surface area contributed by atoms with Crippen molar-refractivity contribution >= 4 is 23.5 Å². The van der Waals surface area contributed by atoms with E-state index in [-0.39, 0.29) is 17.9 Å². The Morgan fingerprint density at radius 3 is 2.71 bits per heavy atom. The lowest BCUT2D eigenvalue weighted by Crippen LogP contribution is -2.43. The second kappa shape index (κ2) is 8.31. The average molecular weight is 352 g/mol. The number of aliphatic carboxylic acids is 1. The average Bonchev–Trinajstić information content (AvgIpc) is 2.98. The topological polar surface area (TPSA) is 66.8 Å². The van der Waals surface area contributed by atoms with E-state index in [2.05, 4.69) is 6.58 Å². The first-order valence-corrected chi connectivity index (χ1v) is 8.30. The fourth-order valence-corrected chi connectivity index (χ4v) is 2.95. The lowest BCUT2D eigenvalue weighted by Gasteiger charge is -2.24. The Bertz CT molecular complexity index is 602. The molecule has 1 aliphatic rings. The molecule has 2 rings (SSSR count). The molecule has 6 heteroatoms. The maximum atomic E-state index is 12.5. The largest absolute Gasteiger partial charge is 0.480 e. The fourth-order valence-electron chi connectivity index (χ4n) is 2.82. The van der Waals surface area contributed by atoms with Crippen LogP contribution in [0.4, 0.5) is 0 Å². The Morgan fingerprint density at radius 2 is 2.12 bits per heavy atom. The number of ether oxygens (including phenoxy) is 1. The van der Waals surface area contributed by atoms with E-state index in [1.807, 2.05) is 12.1 Å². The molecule has 24 heavy (non-hydrogen) atoms. The van der Waals surface area contributed by atoms with E-state index in [4.69, 9.17) is 16.3 Å².